The second kappa shape index (κ2) is 11.9. The molecule has 0 aromatic heterocycles. The smallest absolute Gasteiger partial charge is 0.226 e. The Hall–Kier alpha value is -2.08. The first-order valence-electron chi connectivity index (χ1n) is 11.0. The van der Waals surface area contributed by atoms with Gasteiger partial charge in [-0.25, -0.2) is 0 Å². The summed E-state index contributed by atoms with van der Waals surface area (Å²) in [4.78, 5) is 30.0. The van der Waals surface area contributed by atoms with Crippen molar-refractivity contribution in [3.8, 4) is 0 Å². The molecule has 0 aromatic rings. The van der Waals surface area contributed by atoms with Gasteiger partial charge in [0.25, 0.3) is 0 Å². The molecule has 1 rings (SSSR count). The molecule has 1 aliphatic heterocycles. The van der Waals surface area contributed by atoms with Gasteiger partial charge >= 0.3 is 0 Å². The Kier molecular flexibility index (Phi) is 10.3. The molecule has 6 nitrogen and oxygen atoms in total. The van der Waals surface area contributed by atoms with Gasteiger partial charge in [-0.15, -0.1) is 0 Å². The first-order chi connectivity index (χ1) is 14.1. The summed E-state index contributed by atoms with van der Waals surface area (Å²) in [5, 5.41) is 0. The maximum absolute atomic E-state index is 12.9. The molecule has 2 unspecified atom stereocenters. The van der Waals surface area contributed by atoms with Crippen molar-refractivity contribution < 1.29 is 14.3 Å². The van der Waals surface area contributed by atoms with Crippen LogP contribution >= 0.6 is 0 Å². The van der Waals surface area contributed by atoms with Gasteiger partial charge in [0.1, 0.15) is 0 Å². The Labute approximate surface area is 183 Å². The number of piperazine rings is 1. The molecule has 0 aromatic carbocycles. The lowest BCUT2D eigenvalue weighted by molar-refractivity contribution is -0.140. The van der Waals surface area contributed by atoms with E-state index < -0.39 is 0 Å². The SMILES string of the molecule is C=C(/C=C\C(=C)N1CCN(C(=O)C(C)C(C)(C)CC)CC1)N(C=O)CC(CC)OC. The second-order valence-corrected chi connectivity index (χ2v) is 8.72. The molecule has 2 atom stereocenters. The summed E-state index contributed by atoms with van der Waals surface area (Å²) in [5.41, 5.74) is 1.46. The number of rotatable bonds is 12. The lowest BCUT2D eigenvalue weighted by Gasteiger charge is -2.40. The molecule has 0 saturated carbocycles. The molecule has 2 amide bonds. The fourth-order valence-corrected chi connectivity index (χ4v) is 3.34. The van der Waals surface area contributed by atoms with Crippen LogP contribution in [0.25, 0.3) is 0 Å². The molecule has 1 fully saturated rings. The summed E-state index contributed by atoms with van der Waals surface area (Å²) in [6.07, 6.45) is 6.25. The van der Waals surface area contributed by atoms with Crippen LogP contribution in [-0.4, -0.2) is 73.0 Å². The van der Waals surface area contributed by atoms with Crippen LogP contribution in [0.15, 0.2) is 36.7 Å². The highest BCUT2D eigenvalue weighted by atomic mass is 16.5. The summed E-state index contributed by atoms with van der Waals surface area (Å²) in [7, 11) is 1.64. The van der Waals surface area contributed by atoms with Gasteiger partial charge in [-0.3, -0.25) is 9.59 Å². The van der Waals surface area contributed by atoms with Crippen molar-refractivity contribution in [2.75, 3.05) is 39.8 Å². The number of nitrogens with zero attached hydrogens (tertiary/aromatic N) is 3. The Morgan fingerprint density at radius 2 is 1.70 bits per heavy atom. The molecule has 30 heavy (non-hydrogen) atoms. The largest absolute Gasteiger partial charge is 0.380 e. The van der Waals surface area contributed by atoms with Crippen molar-refractivity contribution >= 4 is 12.3 Å². The van der Waals surface area contributed by atoms with Crippen LogP contribution in [0.1, 0.15) is 47.5 Å². The average Bonchev–Trinajstić information content (AvgIpc) is 2.77. The van der Waals surface area contributed by atoms with E-state index in [4.69, 9.17) is 4.74 Å². The highest BCUT2D eigenvalue weighted by Crippen LogP contribution is 2.31. The molecule has 0 N–H and O–H groups in total. The average molecular weight is 420 g/mol. The van der Waals surface area contributed by atoms with E-state index in [0.29, 0.717) is 25.3 Å². The molecule has 6 heteroatoms. The van der Waals surface area contributed by atoms with Crippen LogP contribution in [0.3, 0.4) is 0 Å². The van der Waals surface area contributed by atoms with Gasteiger partial charge in [-0.1, -0.05) is 54.2 Å². The van der Waals surface area contributed by atoms with E-state index in [1.807, 2.05) is 30.9 Å². The summed E-state index contributed by atoms with van der Waals surface area (Å²) >= 11 is 0. The van der Waals surface area contributed by atoms with Crippen LogP contribution < -0.4 is 0 Å². The van der Waals surface area contributed by atoms with Gasteiger partial charge in [-0.05, 0) is 24.0 Å². The van der Waals surface area contributed by atoms with E-state index in [0.717, 1.165) is 38.0 Å². The van der Waals surface area contributed by atoms with Crippen molar-refractivity contribution in [2.24, 2.45) is 11.3 Å². The predicted molar refractivity (Wildman–Crippen MR) is 123 cm³/mol. The first-order valence-corrected chi connectivity index (χ1v) is 11.0. The number of carbonyl (C=O) groups is 2. The van der Waals surface area contributed by atoms with E-state index in [9.17, 15) is 9.59 Å². The fraction of sp³-hybridized carbons (Fsp3) is 0.667. The monoisotopic (exact) mass is 419 g/mol. The third kappa shape index (κ3) is 7.01. The number of hydrogen-bond donors (Lipinski definition) is 0. The van der Waals surface area contributed by atoms with Crippen LogP contribution in [0.4, 0.5) is 0 Å². The highest BCUT2D eigenvalue weighted by Gasteiger charge is 2.33. The topological polar surface area (TPSA) is 53.1 Å². The minimum absolute atomic E-state index is 0.00493. The molecule has 1 aliphatic rings. The van der Waals surface area contributed by atoms with Gasteiger partial charge in [0.2, 0.25) is 12.3 Å². The molecule has 0 spiro atoms. The summed E-state index contributed by atoms with van der Waals surface area (Å²) in [6.45, 7) is 22.0. The third-order valence-electron chi connectivity index (χ3n) is 6.60. The number of methoxy groups -OCH3 is 1. The number of ether oxygens (including phenoxy) is 1. The van der Waals surface area contributed by atoms with E-state index in [-0.39, 0.29) is 23.3 Å². The maximum atomic E-state index is 12.9. The van der Waals surface area contributed by atoms with Crippen LogP contribution in [-0.2, 0) is 14.3 Å². The second-order valence-electron chi connectivity index (χ2n) is 8.72. The van der Waals surface area contributed by atoms with Gasteiger partial charge in [0.15, 0.2) is 0 Å². The van der Waals surface area contributed by atoms with Crippen LogP contribution in [0.5, 0.6) is 0 Å². The minimum Gasteiger partial charge on any atom is -0.380 e. The molecule has 0 aliphatic carbocycles. The molecule has 0 bridgehead atoms. The zero-order valence-corrected chi connectivity index (χ0v) is 19.8. The number of hydrogen-bond acceptors (Lipinski definition) is 4. The molecular weight excluding hydrogens is 378 g/mol. The molecular formula is C24H41N3O3. The molecule has 170 valence electrons. The van der Waals surface area contributed by atoms with Crippen molar-refractivity contribution in [2.45, 2.75) is 53.6 Å². The number of carbonyl (C=O) groups excluding carboxylic acids is 2. The standard InChI is InChI=1S/C24H41N3O3/c1-9-22(30-8)17-27(18-28)20(4)12-11-19(3)25-13-15-26(16-14-25)23(29)21(5)24(6,7)10-2/h11-12,18,21-22H,3-4,9-10,13-17H2,1-2,5-8H3/b12-11-. The molecule has 1 saturated heterocycles. The Morgan fingerprint density at radius 3 is 2.17 bits per heavy atom. The van der Waals surface area contributed by atoms with Crippen LogP contribution in [0, 0.1) is 11.3 Å². The zero-order chi connectivity index (χ0) is 22.9. The van der Waals surface area contributed by atoms with Crippen molar-refractivity contribution in [1.82, 2.24) is 14.7 Å². The Bertz CT molecular complexity index is 630. The number of amides is 2. The van der Waals surface area contributed by atoms with Gasteiger partial charge in [-0.2, -0.15) is 0 Å². The Morgan fingerprint density at radius 1 is 1.13 bits per heavy atom. The van der Waals surface area contributed by atoms with Crippen LogP contribution in [0.2, 0.25) is 0 Å². The maximum Gasteiger partial charge on any atom is 0.226 e. The number of allylic oxidation sites excluding steroid dienone is 2. The van der Waals surface area contributed by atoms with E-state index in [1.165, 1.54) is 0 Å². The van der Waals surface area contributed by atoms with E-state index >= 15 is 0 Å². The summed E-state index contributed by atoms with van der Waals surface area (Å²) < 4.78 is 5.35. The summed E-state index contributed by atoms with van der Waals surface area (Å²) in [6, 6.07) is 0. The lowest BCUT2D eigenvalue weighted by atomic mass is 9.77. The lowest BCUT2D eigenvalue weighted by Crippen LogP contribution is -2.51. The fourth-order valence-electron chi connectivity index (χ4n) is 3.34. The minimum atomic E-state index is -0.0192. The molecule has 0 radical (unpaired) electrons. The van der Waals surface area contributed by atoms with Crippen molar-refractivity contribution in [3.05, 3.63) is 36.7 Å². The van der Waals surface area contributed by atoms with Gasteiger partial charge < -0.3 is 19.4 Å². The first kappa shape index (κ1) is 26.0. The highest BCUT2D eigenvalue weighted by molar-refractivity contribution is 5.79. The third-order valence-corrected chi connectivity index (χ3v) is 6.60. The van der Waals surface area contributed by atoms with E-state index in [1.54, 1.807) is 12.0 Å². The normalized spacial score (nSPS) is 17.0. The van der Waals surface area contributed by atoms with Gasteiger partial charge in [0.05, 0.1) is 12.6 Å². The Balaban J connectivity index is 2.60. The van der Waals surface area contributed by atoms with Crippen molar-refractivity contribution in [1.29, 1.82) is 0 Å². The summed E-state index contributed by atoms with van der Waals surface area (Å²) in [5.74, 6) is 0.245. The van der Waals surface area contributed by atoms with E-state index in [2.05, 4.69) is 38.8 Å². The molecule has 1 heterocycles. The zero-order valence-electron chi connectivity index (χ0n) is 19.8. The predicted octanol–water partition coefficient (Wildman–Crippen LogP) is 3.67. The van der Waals surface area contributed by atoms with Crippen molar-refractivity contribution in [3.63, 3.8) is 0 Å². The van der Waals surface area contributed by atoms with Gasteiger partial charge in [0, 0.05) is 50.6 Å². The quantitative estimate of drug-likeness (QED) is 0.358.